The van der Waals surface area contributed by atoms with Crippen molar-refractivity contribution in [3.05, 3.63) is 278 Å². The number of benzene rings is 13. The van der Waals surface area contributed by atoms with Gasteiger partial charge in [-0.1, -0.05) is 236 Å². The molecule has 13 aromatic carbocycles. The molecule has 0 fully saturated rings. The van der Waals surface area contributed by atoms with Gasteiger partial charge >= 0.3 is 0 Å². The molecule has 4 aromatic heterocycles. The molecular formula is C82H62N4. The molecule has 0 aliphatic rings. The molecule has 0 unspecified atom stereocenters. The van der Waals surface area contributed by atoms with Crippen LogP contribution < -0.4 is 9.80 Å². The summed E-state index contributed by atoms with van der Waals surface area (Å²) in [6.45, 7) is 14.0. The Kier molecular flexibility index (Phi) is 10.8. The molecule has 0 atom stereocenters. The molecule has 410 valence electrons. The second-order valence-electron chi connectivity index (χ2n) is 25.7. The van der Waals surface area contributed by atoms with Crippen LogP contribution in [0.2, 0.25) is 0 Å². The van der Waals surface area contributed by atoms with Crippen LogP contribution in [0.15, 0.2) is 267 Å². The molecule has 0 amide bonds. The third kappa shape index (κ3) is 7.35. The van der Waals surface area contributed by atoms with E-state index in [1.165, 1.54) is 131 Å². The van der Waals surface area contributed by atoms with E-state index in [2.05, 4.69) is 327 Å². The van der Waals surface area contributed by atoms with Crippen molar-refractivity contribution in [3.63, 3.8) is 0 Å². The van der Waals surface area contributed by atoms with Crippen molar-refractivity contribution < 1.29 is 0 Å². The van der Waals surface area contributed by atoms with Crippen molar-refractivity contribution >= 4 is 132 Å². The van der Waals surface area contributed by atoms with E-state index in [1.807, 2.05) is 0 Å². The van der Waals surface area contributed by atoms with Crippen LogP contribution in [0.4, 0.5) is 34.1 Å². The number of aromatic nitrogens is 2. The van der Waals surface area contributed by atoms with E-state index in [9.17, 15) is 0 Å². The van der Waals surface area contributed by atoms with E-state index in [-0.39, 0.29) is 10.8 Å². The molecular weight excluding hydrogens is 1040 g/mol. The Morgan fingerprint density at radius 2 is 0.628 bits per heavy atom. The molecule has 4 heterocycles. The van der Waals surface area contributed by atoms with Gasteiger partial charge in [-0.25, -0.2) is 0 Å². The predicted octanol–water partition coefficient (Wildman–Crippen LogP) is 23.2. The molecule has 86 heavy (non-hydrogen) atoms. The van der Waals surface area contributed by atoms with Gasteiger partial charge in [0.2, 0.25) is 0 Å². The summed E-state index contributed by atoms with van der Waals surface area (Å²) in [5.74, 6) is 0. The largest absolute Gasteiger partial charge is 0.309 e. The van der Waals surface area contributed by atoms with E-state index < -0.39 is 0 Å². The molecule has 0 N–H and O–H groups in total. The highest BCUT2D eigenvalue weighted by Crippen LogP contribution is 2.54. The lowest BCUT2D eigenvalue weighted by atomic mass is 9.86. The minimum Gasteiger partial charge on any atom is -0.309 e. The van der Waals surface area contributed by atoms with Crippen LogP contribution in [-0.4, -0.2) is 8.80 Å². The summed E-state index contributed by atoms with van der Waals surface area (Å²) in [6, 6.07) is 100. The molecule has 0 saturated carbocycles. The molecule has 4 heteroatoms. The van der Waals surface area contributed by atoms with Crippen LogP contribution in [0.5, 0.6) is 0 Å². The topological polar surface area (TPSA) is 15.3 Å². The van der Waals surface area contributed by atoms with E-state index in [1.54, 1.807) is 0 Å². The second kappa shape index (κ2) is 18.5. The van der Waals surface area contributed by atoms with Crippen molar-refractivity contribution in [1.29, 1.82) is 0 Å². The minimum atomic E-state index is -0.0767. The molecule has 17 aromatic rings. The Morgan fingerprint density at radius 1 is 0.256 bits per heavy atom. The lowest BCUT2D eigenvalue weighted by Crippen LogP contribution is -2.12. The Balaban J connectivity index is 0.990. The molecule has 17 rings (SSSR count). The molecule has 0 spiro atoms. The fraction of sp³-hybridized carbons (Fsp3) is 0.0976. The van der Waals surface area contributed by atoms with Crippen LogP contribution in [0.1, 0.15) is 52.7 Å². The van der Waals surface area contributed by atoms with Gasteiger partial charge in [0.1, 0.15) is 0 Å². The molecule has 0 bridgehead atoms. The number of fused-ring (bicyclic) bond motifs is 14. The fourth-order valence-electron chi connectivity index (χ4n) is 14.5. The van der Waals surface area contributed by atoms with Gasteiger partial charge < -0.3 is 18.6 Å². The zero-order valence-corrected chi connectivity index (χ0v) is 49.2. The zero-order chi connectivity index (χ0) is 57.7. The van der Waals surface area contributed by atoms with E-state index >= 15 is 0 Å². The number of nitrogens with zero attached hydrogens (tertiary/aromatic N) is 4. The predicted molar refractivity (Wildman–Crippen MR) is 368 cm³/mol. The monoisotopic (exact) mass is 1100 g/mol. The summed E-state index contributed by atoms with van der Waals surface area (Å²) < 4.78 is 5.21. The van der Waals surface area contributed by atoms with Crippen LogP contribution >= 0.6 is 0 Å². The zero-order valence-electron chi connectivity index (χ0n) is 49.2. The fourth-order valence-corrected chi connectivity index (χ4v) is 14.5. The summed E-state index contributed by atoms with van der Waals surface area (Å²) in [5, 5.41) is 14.8. The van der Waals surface area contributed by atoms with E-state index in [0.29, 0.717) is 0 Å². The highest BCUT2D eigenvalue weighted by Gasteiger charge is 2.31. The van der Waals surface area contributed by atoms with E-state index in [0.717, 1.165) is 34.1 Å². The van der Waals surface area contributed by atoms with Gasteiger partial charge in [-0.15, -0.1) is 0 Å². The van der Waals surface area contributed by atoms with Crippen molar-refractivity contribution in [2.45, 2.75) is 52.4 Å². The van der Waals surface area contributed by atoms with Crippen molar-refractivity contribution in [2.24, 2.45) is 0 Å². The van der Waals surface area contributed by atoms with Crippen molar-refractivity contribution in [3.8, 4) is 22.3 Å². The smallest absolute Gasteiger partial charge is 0.0641 e. The molecule has 4 nitrogen and oxygen atoms in total. The molecule has 0 saturated heterocycles. The van der Waals surface area contributed by atoms with Gasteiger partial charge in [0.05, 0.1) is 67.2 Å². The minimum absolute atomic E-state index is 0.0767. The number of anilines is 6. The molecule has 0 aliphatic carbocycles. The molecule has 0 aliphatic heterocycles. The second-order valence-corrected chi connectivity index (χ2v) is 25.7. The third-order valence-corrected chi connectivity index (χ3v) is 18.6. The maximum atomic E-state index is 2.60. The summed E-state index contributed by atoms with van der Waals surface area (Å²) >= 11 is 0. The van der Waals surface area contributed by atoms with Gasteiger partial charge in [-0.2, -0.15) is 0 Å². The first-order valence-corrected chi connectivity index (χ1v) is 30.3. The third-order valence-electron chi connectivity index (χ3n) is 18.6. The number of hydrogen-bond acceptors (Lipinski definition) is 2. The SMILES string of the molecule is CC(C)(C)c1ccc2c(c1)c1c(N(c3ccccc3-c3ccccc3)c3cccc4ccccc34)ccc3c4cc5c(cc4n2c31)c1ccc(N(c2ccccc2-c2ccccc2)c2cccc3ccccc23)c2c3cc(C(C)(C)C)ccc3n5c12. The van der Waals surface area contributed by atoms with E-state index in [4.69, 9.17) is 0 Å². The summed E-state index contributed by atoms with van der Waals surface area (Å²) in [7, 11) is 0. The maximum Gasteiger partial charge on any atom is 0.0641 e. The average Bonchev–Trinajstić information content (AvgIpc) is 1.52. The number of hydrogen-bond donors (Lipinski definition) is 0. The highest BCUT2D eigenvalue weighted by atomic mass is 15.2. The van der Waals surface area contributed by atoms with Crippen molar-refractivity contribution in [1.82, 2.24) is 8.80 Å². The first-order valence-electron chi connectivity index (χ1n) is 30.3. The Labute approximate surface area is 500 Å². The van der Waals surface area contributed by atoms with Gasteiger partial charge in [0.15, 0.2) is 0 Å². The van der Waals surface area contributed by atoms with Crippen LogP contribution in [0, 0.1) is 0 Å². The lowest BCUT2D eigenvalue weighted by Gasteiger charge is -2.30. The van der Waals surface area contributed by atoms with Crippen LogP contribution in [0.25, 0.3) is 120 Å². The van der Waals surface area contributed by atoms with Gasteiger partial charge in [-0.05, 0) is 117 Å². The maximum absolute atomic E-state index is 2.60. The first-order chi connectivity index (χ1) is 42.0. The lowest BCUT2D eigenvalue weighted by molar-refractivity contribution is 0.591. The standard InChI is InChI=1S/C82H62N4/c1-81(2,3)55-39-43-71-65(47-55)77-73(83(69-37-21-29-53-27-13-15-31-59(53)69)67-35-19-17-33-57(67)51-23-9-7-10-24-51)45-41-61-63-50-76-64(49-75(63)85(71)79(61)77)62-42-46-74(78-66-48-56(82(4,5)6)40-44-72(66)86(76)80(62)78)84(70-38-22-30-54-28-14-16-32-60(54)70)68-36-20-18-34-58(68)52-25-11-8-12-26-52/h7-50H,1-6H3. The van der Waals surface area contributed by atoms with Crippen LogP contribution in [-0.2, 0) is 10.8 Å². The Hall–Kier alpha value is -10.4. The van der Waals surface area contributed by atoms with Crippen LogP contribution in [0.3, 0.4) is 0 Å². The molecule has 0 radical (unpaired) electrons. The highest BCUT2D eigenvalue weighted by molar-refractivity contribution is 6.33. The summed E-state index contributed by atoms with van der Waals surface area (Å²) in [5.41, 5.74) is 21.3. The summed E-state index contributed by atoms with van der Waals surface area (Å²) in [4.78, 5) is 5.12. The number of para-hydroxylation sites is 2. The Bertz CT molecular complexity index is 5200. The summed E-state index contributed by atoms with van der Waals surface area (Å²) in [6.07, 6.45) is 0. The van der Waals surface area contributed by atoms with Crippen molar-refractivity contribution in [2.75, 3.05) is 9.80 Å². The average molecular weight is 1100 g/mol. The normalized spacial score (nSPS) is 12.5. The Morgan fingerprint density at radius 3 is 1.06 bits per heavy atom. The first kappa shape index (κ1) is 50.1. The quantitative estimate of drug-likeness (QED) is 0.151. The van der Waals surface area contributed by atoms with Gasteiger partial charge in [0.25, 0.3) is 0 Å². The van der Waals surface area contributed by atoms with Gasteiger partial charge in [-0.3, -0.25) is 0 Å². The van der Waals surface area contributed by atoms with Gasteiger partial charge in [0, 0.05) is 65.0 Å². The number of rotatable bonds is 8.